The molecule has 0 aliphatic heterocycles. The van der Waals surface area contributed by atoms with Gasteiger partial charge in [0.2, 0.25) is 5.91 Å². The van der Waals surface area contributed by atoms with Gasteiger partial charge in [0.1, 0.15) is 0 Å². The first-order chi connectivity index (χ1) is 9.81. The number of nitrogens with one attached hydrogen (secondary N) is 2. The fourth-order valence-electron chi connectivity index (χ4n) is 2.11. The molecule has 0 heterocycles. The fraction of sp³-hybridized carbons (Fsp3) is 0.312. The van der Waals surface area contributed by atoms with Crippen LogP contribution in [0, 0.1) is 0 Å². The number of amides is 1. The van der Waals surface area contributed by atoms with Gasteiger partial charge in [-0.3, -0.25) is 4.79 Å². The van der Waals surface area contributed by atoms with Crippen LogP contribution in [0.5, 0.6) is 0 Å². The number of methoxy groups -OCH3 is 1. The molecule has 20 heavy (non-hydrogen) atoms. The smallest absolute Gasteiger partial charge is 0.234 e. The summed E-state index contributed by atoms with van der Waals surface area (Å²) in [6.45, 7) is 2.08. The quantitative estimate of drug-likeness (QED) is 0.754. The molecule has 4 heteroatoms. The van der Waals surface area contributed by atoms with Crippen molar-refractivity contribution in [3.8, 4) is 0 Å². The summed E-state index contributed by atoms with van der Waals surface area (Å²) in [4.78, 5) is 11.5. The van der Waals surface area contributed by atoms with Crippen molar-refractivity contribution < 1.29 is 9.53 Å². The molecule has 4 nitrogen and oxygen atoms in total. The Morgan fingerprint density at radius 2 is 1.95 bits per heavy atom. The van der Waals surface area contributed by atoms with Crippen LogP contribution in [-0.4, -0.2) is 32.7 Å². The van der Waals surface area contributed by atoms with Crippen LogP contribution < -0.4 is 10.6 Å². The lowest BCUT2D eigenvalue weighted by Gasteiger charge is -2.08. The van der Waals surface area contributed by atoms with Gasteiger partial charge < -0.3 is 15.4 Å². The molecule has 2 aromatic carbocycles. The van der Waals surface area contributed by atoms with Crippen molar-refractivity contribution in [2.45, 2.75) is 6.54 Å². The zero-order chi connectivity index (χ0) is 14.2. The zero-order valence-electron chi connectivity index (χ0n) is 11.7. The van der Waals surface area contributed by atoms with E-state index in [1.807, 2.05) is 18.2 Å². The van der Waals surface area contributed by atoms with E-state index in [1.165, 1.54) is 16.3 Å². The van der Waals surface area contributed by atoms with Crippen molar-refractivity contribution in [2.24, 2.45) is 0 Å². The van der Waals surface area contributed by atoms with Gasteiger partial charge in [0.05, 0.1) is 13.2 Å². The second-order valence-electron chi connectivity index (χ2n) is 4.58. The molecule has 0 bridgehead atoms. The number of ether oxygens (including phenoxy) is 1. The van der Waals surface area contributed by atoms with Crippen molar-refractivity contribution in [1.82, 2.24) is 10.6 Å². The van der Waals surface area contributed by atoms with Crippen molar-refractivity contribution in [2.75, 3.05) is 26.8 Å². The van der Waals surface area contributed by atoms with E-state index in [9.17, 15) is 4.79 Å². The van der Waals surface area contributed by atoms with Crippen molar-refractivity contribution >= 4 is 16.7 Å². The number of benzene rings is 2. The molecule has 0 spiro atoms. The zero-order valence-corrected chi connectivity index (χ0v) is 11.7. The van der Waals surface area contributed by atoms with Gasteiger partial charge >= 0.3 is 0 Å². The lowest BCUT2D eigenvalue weighted by molar-refractivity contribution is -0.120. The third kappa shape index (κ3) is 4.05. The van der Waals surface area contributed by atoms with Crippen LogP contribution in [0.3, 0.4) is 0 Å². The molecular formula is C16H20N2O2. The Hall–Kier alpha value is -1.91. The van der Waals surface area contributed by atoms with Crippen LogP contribution >= 0.6 is 0 Å². The summed E-state index contributed by atoms with van der Waals surface area (Å²) in [7, 11) is 1.62. The lowest BCUT2D eigenvalue weighted by atomic mass is 10.0. The average molecular weight is 272 g/mol. The topological polar surface area (TPSA) is 50.4 Å². The molecule has 2 aromatic rings. The molecule has 2 rings (SSSR count). The molecule has 0 unspecified atom stereocenters. The first-order valence-electron chi connectivity index (χ1n) is 6.74. The molecule has 0 aliphatic carbocycles. The third-order valence-corrected chi connectivity index (χ3v) is 3.11. The molecular weight excluding hydrogens is 252 g/mol. The van der Waals surface area contributed by atoms with Gasteiger partial charge in [-0.15, -0.1) is 0 Å². The highest BCUT2D eigenvalue weighted by Gasteiger charge is 2.02. The third-order valence-electron chi connectivity index (χ3n) is 3.11. The van der Waals surface area contributed by atoms with Crippen LogP contribution in [-0.2, 0) is 16.1 Å². The molecule has 0 atom stereocenters. The molecule has 0 aliphatic rings. The molecule has 2 N–H and O–H groups in total. The molecule has 0 radical (unpaired) electrons. The van der Waals surface area contributed by atoms with E-state index in [-0.39, 0.29) is 5.91 Å². The molecule has 0 fully saturated rings. The summed E-state index contributed by atoms with van der Waals surface area (Å²) in [6.07, 6.45) is 0. The van der Waals surface area contributed by atoms with E-state index < -0.39 is 0 Å². The van der Waals surface area contributed by atoms with Crippen LogP contribution in [0.15, 0.2) is 42.5 Å². The van der Waals surface area contributed by atoms with E-state index in [0.29, 0.717) is 26.2 Å². The summed E-state index contributed by atoms with van der Waals surface area (Å²) < 4.78 is 4.88. The average Bonchev–Trinajstić information content (AvgIpc) is 2.48. The SMILES string of the molecule is COCCNC(=O)CNCc1cccc2ccccc12. The van der Waals surface area contributed by atoms with Crippen molar-refractivity contribution in [3.05, 3.63) is 48.0 Å². The van der Waals surface area contributed by atoms with E-state index in [4.69, 9.17) is 4.74 Å². The van der Waals surface area contributed by atoms with Gasteiger partial charge in [0, 0.05) is 20.2 Å². The van der Waals surface area contributed by atoms with Gasteiger partial charge in [-0.05, 0) is 16.3 Å². The number of carbonyl (C=O) groups excluding carboxylic acids is 1. The van der Waals surface area contributed by atoms with Gasteiger partial charge in [0.15, 0.2) is 0 Å². The summed E-state index contributed by atoms with van der Waals surface area (Å²) in [5.41, 5.74) is 1.20. The van der Waals surface area contributed by atoms with E-state index in [0.717, 1.165) is 0 Å². The van der Waals surface area contributed by atoms with Gasteiger partial charge in [-0.2, -0.15) is 0 Å². The Morgan fingerprint density at radius 3 is 2.80 bits per heavy atom. The molecule has 106 valence electrons. The molecule has 0 aromatic heterocycles. The number of fused-ring (bicyclic) bond motifs is 1. The standard InChI is InChI=1S/C16H20N2O2/c1-20-10-9-18-16(19)12-17-11-14-7-4-6-13-5-2-3-8-15(13)14/h2-8,17H,9-12H2,1H3,(H,18,19). The summed E-state index contributed by atoms with van der Waals surface area (Å²) in [6, 6.07) is 14.5. The number of carbonyl (C=O) groups is 1. The van der Waals surface area contributed by atoms with Crippen molar-refractivity contribution in [3.63, 3.8) is 0 Å². The largest absolute Gasteiger partial charge is 0.383 e. The van der Waals surface area contributed by atoms with Gasteiger partial charge in [-0.25, -0.2) is 0 Å². The van der Waals surface area contributed by atoms with Gasteiger partial charge in [-0.1, -0.05) is 42.5 Å². The molecule has 1 amide bonds. The van der Waals surface area contributed by atoms with Gasteiger partial charge in [0.25, 0.3) is 0 Å². The number of hydrogen-bond acceptors (Lipinski definition) is 3. The Bertz CT molecular complexity index is 564. The fourth-order valence-corrected chi connectivity index (χ4v) is 2.11. The predicted octanol–water partition coefficient (Wildman–Crippen LogP) is 1.69. The van der Waals surface area contributed by atoms with Crippen LogP contribution in [0.25, 0.3) is 10.8 Å². The molecule has 0 saturated carbocycles. The Balaban J connectivity index is 1.85. The van der Waals surface area contributed by atoms with E-state index in [2.05, 4.69) is 34.9 Å². The first-order valence-corrected chi connectivity index (χ1v) is 6.74. The van der Waals surface area contributed by atoms with Crippen LogP contribution in [0.1, 0.15) is 5.56 Å². The number of rotatable bonds is 7. The maximum absolute atomic E-state index is 11.5. The monoisotopic (exact) mass is 272 g/mol. The normalized spacial score (nSPS) is 10.7. The number of hydrogen-bond donors (Lipinski definition) is 2. The Labute approximate surface area is 119 Å². The highest BCUT2D eigenvalue weighted by atomic mass is 16.5. The summed E-state index contributed by atoms with van der Waals surface area (Å²) in [5, 5.41) is 8.39. The maximum Gasteiger partial charge on any atom is 0.234 e. The second-order valence-corrected chi connectivity index (χ2v) is 4.58. The van der Waals surface area contributed by atoms with Crippen LogP contribution in [0.2, 0.25) is 0 Å². The highest BCUT2D eigenvalue weighted by Crippen LogP contribution is 2.17. The van der Waals surface area contributed by atoms with Crippen molar-refractivity contribution in [1.29, 1.82) is 0 Å². The minimum atomic E-state index is -0.0118. The van der Waals surface area contributed by atoms with E-state index >= 15 is 0 Å². The lowest BCUT2D eigenvalue weighted by Crippen LogP contribution is -2.35. The van der Waals surface area contributed by atoms with Crippen LogP contribution in [0.4, 0.5) is 0 Å². The molecule has 0 saturated heterocycles. The predicted molar refractivity (Wildman–Crippen MR) is 80.5 cm³/mol. The Kier molecular flexibility index (Phi) is 5.53. The summed E-state index contributed by atoms with van der Waals surface area (Å²) >= 11 is 0. The highest BCUT2D eigenvalue weighted by molar-refractivity contribution is 5.85. The second kappa shape index (κ2) is 7.62. The maximum atomic E-state index is 11.5. The minimum Gasteiger partial charge on any atom is -0.383 e. The minimum absolute atomic E-state index is 0.0118. The van der Waals surface area contributed by atoms with E-state index in [1.54, 1.807) is 7.11 Å². The summed E-state index contributed by atoms with van der Waals surface area (Å²) in [5.74, 6) is -0.0118. The first kappa shape index (κ1) is 14.5. The Morgan fingerprint density at radius 1 is 1.15 bits per heavy atom.